The molecule has 2 saturated heterocycles. The number of nitrogens with zero attached hydrogens (tertiary/aromatic N) is 6. The van der Waals surface area contributed by atoms with Gasteiger partial charge in [0.05, 0.1) is 41.8 Å². The highest BCUT2D eigenvalue weighted by Crippen LogP contribution is 2.40. The zero-order chi connectivity index (χ0) is 23.1. The van der Waals surface area contributed by atoms with Gasteiger partial charge in [-0.25, -0.2) is 4.98 Å². The van der Waals surface area contributed by atoms with Crippen molar-refractivity contribution in [3.63, 3.8) is 0 Å². The van der Waals surface area contributed by atoms with Crippen LogP contribution in [-0.2, 0) is 0 Å². The van der Waals surface area contributed by atoms with Crippen molar-refractivity contribution >= 4 is 27.6 Å². The molecule has 4 aromatic heterocycles. The first kappa shape index (κ1) is 21.3. The Morgan fingerprint density at radius 2 is 1.82 bits per heavy atom. The van der Waals surface area contributed by atoms with Crippen molar-refractivity contribution in [2.45, 2.75) is 18.9 Å². The molecule has 2 aliphatic heterocycles. The maximum Gasteiger partial charge on any atom is 0.161 e. The second-order valence-corrected chi connectivity index (χ2v) is 9.44. The highest BCUT2D eigenvalue weighted by molar-refractivity contribution is 6.14. The van der Waals surface area contributed by atoms with E-state index in [4.69, 9.17) is 4.74 Å². The number of rotatable bonds is 4. The summed E-state index contributed by atoms with van der Waals surface area (Å²) in [6.45, 7) is 6.51. The molecule has 34 heavy (non-hydrogen) atoms. The zero-order valence-electron chi connectivity index (χ0n) is 19.9. The molecule has 0 unspecified atom stereocenters. The number of methoxy groups -OCH3 is 1. The number of fused-ring (bicyclic) bond motifs is 3. The second-order valence-electron chi connectivity index (χ2n) is 9.44. The Bertz CT molecular complexity index is 1290. The van der Waals surface area contributed by atoms with Gasteiger partial charge in [-0.05, 0) is 51.2 Å². The molecule has 6 rings (SSSR count). The van der Waals surface area contributed by atoms with Crippen LogP contribution in [0.15, 0.2) is 43.0 Å². The number of pyridine rings is 3. The summed E-state index contributed by atoms with van der Waals surface area (Å²) in [5, 5.41) is 2.22. The van der Waals surface area contributed by atoms with Gasteiger partial charge in [0, 0.05) is 55.6 Å². The predicted octanol–water partition coefficient (Wildman–Crippen LogP) is 3.40. The standard InChI is InChI=1S/C26H31N7O/c1-31-8-5-19(6-9-31)32-10-12-33(13-11-32)25-23(34-2)17-29-26-24(25)20-14-21(28-16-22(20)30-26)18-4-3-7-27-15-18/h3-4,7,14-17,19H,5-6,8-13H2,1-2H3,(H,29,30). The Labute approximate surface area is 199 Å². The SMILES string of the molecule is COc1cnc2[nH]c3cnc(-c4cccnc4)cc3c2c1N1CCN(C2CCN(C)CC2)CC1. The van der Waals surface area contributed by atoms with Crippen molar-refractivity contribution in [1.82, 2.24) is 29.7 Å². The van der Waals surface area contributed by atoms with E-state index in [1.807, 2.05) is 30.7 Å². The van der Waals surface area contributed by atoms with Crippen LogP contribution in [0.1, 0.15) is 12.8 Å². The predicted molar refractivity (Wildman–Crippen MR) is 135 cm³/mol. The lowest BCUT2D eigenvalue weighted by molar-refractivity contribution is 0.115. The Morgan fingerprint density at radius 3 is 2.56 bits per heavy atom. The molecule has 2 aliphatic rings. The fourth-order valence-corrected chi connectivity index (χ4v) is 5.53. The minimum Gasteiger partial charge on any atom is -0.493 e. The van der Waals surface area contributed by atoms with Gasteiger partial charge in [0.2, 0.25) is 0 Å². The molecule has 0 aromatic carbocycles. The van der Waals surface area contributed by atoms with Gasteiger partial charge in [0.1, 0.15) is 5.65 Å². The van der Waals surface area contributed by atoms with Gasteiger partial charge in [0.15, 0.2) is 5.75 Å². The van der Waals surface area contributed by atoms with Crippen molar-refractivity contribution in [3.8, 4) is 17.0 Å². The quantitative estimate of drug-likeness (QED) is 0.504. The third-order valence-electron chi connectivity index (χ3n) is 7.46. The minimum absolute atomic E-state index is 0.707. The molecule has 0 amide bonds. The van der Waals surface area contributed by atoms with E-state index in [2.05, 4.69) is 47.7 Å². The minimum atomic E-state index is 0.707. The lowest BCUT2D eigenvalue weighted by Crippen LogP contribution is -2.53. The average Bonchev–Trinajstić information content (AvgIpc) is 3.27. The van der Waals surface area contributed by atoms with Gasteiger partial charge < -0.3 is 19.5 Å². The summed E-state index contributed by atoms with van der Waals surface area (Å²) in [7, 11) is 3.96. The molecule has 6 heterocycles. The Hall–Kier alpha value is -3.23. The summed E-state index contributed by atoms with van der Waals surface area (Å²) in [5.74, 6) is 0.820. The number of ether oxygens (including phenoxy) is 1. The highest BCUT2D eigenvalue weighted by atomic mass is 16.5. The molecular formula is C26H31N7O. The van der Waals surface area contributed by atoms with E-state index in [1.54, 1.807) is 13.3 Å². The number of likely N-dealkylation sites (tertiary alicyclic amines) is 1. The van der Waals surface area contributed by atoms with Crippen LogP contribution in [0.3, 0.4) is 0 Å². The largest absolute Gasteiger partial charge is 0.493 e. The van der Waals surface area contributed by atoms with Crippen LogP contribution in [0.25, 0.3) is 33.2 Å². The Balaban J connectivity index is 1.36. The number of aromatic nitrogens is 4. The van der Waals surface area contributed by atoms with E-state index < -0.39 is 0 Å². The molecule has 1 N–H and O–H groups in total. The van der Waals surface area contributed by atoms with Crippen molar-refractivity contribution in [2.75, 3.05) is 58.3 Å². The molecule has 8 heteroatoms. The van der Waals surface area contributed by atoms with Crippen molar-refractivity contribution in [3.05, 3.63) is 43.0 Å². The molecule has 2 fully saturated rings. The lowest BCUT2D eigenvalue weighted by Gasteiger charge is -2.43. The zero-order valence-corrected chi connectivity index (χ0v) is 19.9. The van der Waals surface area contributed by atoms with Gasteiger partial charge in [0.25, 0.3) is 0 Å². The molecule has 176 valence electrons. The van der Waals surface area contributed by atoms with Gasteiger partial charge >= 0.3 is 0 Å². The summed E-state index contributed by atoms with van der Waals surface area (Å²) >= 11 is 0. The van der Waals surface area contributed by atoms with Gasteiger partial charge in [-0.3, -0.25) is 14.9 Å². The number of piperazine rings is 1. The summed E-state index contributed by atoms with van der Waals surface area (Å²) in [4.78, 5) is 24.7. The van der Waals surface area contributed by atoms with E-state index in [1.165, 1.54) is 25.9 Å². The third kappa shape index (κ3) is 3.76. The molecule has 0 radical (unpaired) electrons. The van der Waals surface area contributed by atoms with E-state index in [9.17, 15) is 0 Å². The molecule has 4 aromatic rings. The Kier molecular flexibility index (Phi) is 5.55. The number of H-pyrrole nitrogens is 1. The Morgan fingerprint density at radius 1 is 1.00 bits per heavy atom. The van der Waals surface area contributed by atoms with Crippen LogP contribution >= 0.6 is 0 Å². The summed E-state index contributed by atoms with van der Waals surface area (Å²) in [6.07, 6.45) is 9.91. The fraction of sp³-hybridized carbons (Fsp3) is 0.423. The number of piperidine rings is 1. The van der Waals surface area contributed by atoms with Crippen molar-refractivity contribution in [2.24, 2.45) is 0 Å². The maximum absolute atomic E-state index is 5.83. The smallest absolute Gasteiger partial charge is 0.161 e. The van der Waals surface area contributed by atoms with Crippen LogP contribution in [0, 0.1) is 0 Å². The van der Waals surface area contributed by atoms with Crippen molar-refractivity contribution in [1.29, 1.82) is 0 Å². The number of aromatic amines is 1. The molecule has 0 spiro atoms. The van der Waals surface area contributed by atoms with Crippen LogP contribution in [0.4, 0.5) is 5.69 Å². The fourth-order valence-electron chi connectivity index (χ4n) is 5.53. The molecule has 0 aliphatic carbocycles. The van der Waals surface area contributed by atoms with E-state index in [-0.39, 0.29) is 0 Å². The molecule has 0 saturated carbocycles. The maximum atomic E-state index is 5.83. The molecule has 0 atom stereocenters. The third-order valence-corrected chi connectivity index (χ3v) is 7.46. The highest BCUT2D eigenvalue weighted by Gasteiger charge is 2.29. The van der Waals surface area contributed by atoms with E-state index in [0.29, 0.717) is 6.04 Å². The van der Waals surface area contributed by atoms with Gasteiger partial charge in [-0.15, -0.1) is 0 Å². The lowest BCUT2D eigenvalue weighted by atomic mass is 10.0. The molecular weight excluding hydrogens is 426 g/mol. The van der Waals surface area contributed by atoms with Gasteiger partial charge in [-0.2, -0.15) is 0 Å². The van der Waals surface area contributed by atoms with E-state index in [0.717, 1.165) is 70.8 Å². The van der Waals surface area contributed by atoms with Gasteiger partial charge in [-0.1, -0.05) is 0 Å². The normalized spacial score (nSPS) is 18.7. The average molecular weight is 458 g/mol. The van der Waals surface area contributed by atoms with Crippen LogP contribution in [-0.4, -0.2) is 89.2 Å². The van der Waals surface area contributed by atoms with Crippen molar-refractivity contribution < 1.29 is 4.74 Å². The number of nitrogens with one attached hydrogen (secondary N) is 1. The molecule has 0 bridgehead atoms. The number of hydrogen-bond donors (Lipinski definition) is 1. The monoisotopic (exact) mass is 457 g/mol. The number of hydrogen-bond acceptors (Lipinski definition) is 7. The number of anilines is 1. The second kappa shape index (κ2) is 8.85. The summed E-state index contributed by atoms with van der Waals surface area (Å²) < 4.78 is 5.83. The summed E-state index contributed by atoms with van der Waals surface area (Å²) in [5.41, 5.74) is 4.89. The summed E-state index contributed by atoms with van der Waals surface area (Å²) in [6, 6.07) is 6.83. The van der Waals surface area contributed by atoms with E-state index >= 15 is 0 Å². The topological polar surface area (TPSA) is 73.4 Å². The van der Waals surface area contributed by atoms with Crippen LogP contribution < -0.4 is 9.64 Å². The first-order chi connectivity index (χ1) is 16.7. The first-order valence-corrected chi connectivity index (χ1v) is 12.1. The van der Waals surface area contributed by atoms with Crippen LogP contribution in [0.2, 0.25) is 0 Å². The molecule has 8 nitrogen and oxygen atoms in total. The first-order valence-electron chi connectivity index (χ1n) is 12.1. The van der Waals surface area contributed by atoms with Crippen LogP contribution in [0.5, 0.6) is 5.75 Å².